The topological polar surface area (TPSA) is 92.0 Å². The normalized spacial score (nSPS) is 13.5. The van der Waals surface area contributed by atoms with Crippen molar-refractivity contribution in [3.8, 4) is 5.75 Å². The monoisotopic (exact) mass is 448 g/mol. The van der Waals surface area contributed by atoms with Gasteiger partial charge in [-0.25, -0.2) is 0 Å². The molecule has 0 unspecified atom stereocenters. The van der Waals surface area contributed by atoms with E-state index in [0.717, 1.165) is 18.7 Å². The van der Waals surface area contributed by atoms with Crippen LogP contribution in [0.2, 0.25) is 0 Å². The number of carbonyl (C=O) groups excluding carboxylic acids is 1. The van der Waals surface area contributed by atoms with Crippen LogP contribution in [0.5, 0.6) is 5.75 Å². The van der Waals surface area contributed by atoms with Crippen LogP contribution in [0, 0.1) is 0 Å². The highest BCUT2D eigenvalue weighted by Gasteiger charge is 2.21. The Kier molecular flexibility index (Phi) is 6.62. The van der Waals surface area contributed by atoms with E-state index < -0.39 is 5.54 Å². The molecule has 33 heavy (non-hydrogen) atoms. The smallest absolute Gasteiger partial charge is 0.251 e. The molecule has 3 aromatic rings. The van der Waals surface area contributed by atoms with Gasteiger partial charge in [0.25, 0.3) is 5.91 Å². The minimum absolute atomic E-state index is 0.148. The molecule has 2 heterocycles. The lowest BCUT2D eigenvalue weighted by atomic mass is 10.1. The van der Waals surface area contributed by atoms with Crippen molar-refractivity contribution in [3.63, 3.8) is 0 Å². The summed E-state index contributed by atoms with van der Waals surface area (Å²) in [5.41, 5.74) is 2.98. The molecular formula is C26H28N2O5. The summed E-state index contributed by atoms with van der Waals surface area (Å²) in [5.74, 6) is 0.482. The third kappa shape index (κ3) is 5.69. The van der Waals surface area contributed by atoms with Gasteiger partial charge in [0.2, 0.25) is 11.2 Å². The number of aliphatic hydroxyl groups excluding tert-OH is 1. The molecule has 1 aromatic heterocycles. The van der Waals surface area contributed by atoms with E-state index >= 15 is 0 Å². The van der Waals surface area contributed by atoms with Crippen molar-refractivity contribution in [1.29, 1.82) is 0 Å². The maximum atomic E-state index is 12.5. The molecule has 172 valence electrons. The van der Waals surface area contributed by atoms with Crippen molar-refractivity contribution < 1.29 is 19.1 Å². The van der Waals surface area contributed by atoms with Crippen LogP contribution in [0.4, 0.5) is 0 Å². The largest absolute Gasteiger partial charge is 0.482 e. The van der Waals surface area contributed by atoms with Gasteiger partial charge in [-0.05, 0) is 42.7 Å². The van der Waals surface area contributed by atoms with Gasteiger partial charge >= 0.3 is 0 Å². The number of benzene rings is 2. The van der Waals surface area contributed by atoms with Crippen LogP contribution in [0.15, 0.2) is 70.1 Å². The summed E-state index contributed by atoms with van der Waals surface area (Å²) in [5, 5.41) is 12.1. The Hall–Kier alpha value is -3.42. The van der Waals surface area contributed by atoms with Gasteiger partial charge in [-0.15, -0.1) is 0 Å². The zero-order valence-electron chi connectivity index (χ0n) is 18.8. The Morgan fingerprint density at radius 3 is 2.39 bits per heavy atom. The van der Waals surface area contributed by atoms with E-state index in [1.807, 2.05) is 12.1 Å². The maximum absolute atomic E-state index is 12.5. The van der Waals surface area contributed by atoms with Crippen molar-refractivity contribution >= 4 is 5.91 Å². The van der Waals surface area contributed by atoms with Gasteiger partial charge < -0.3 is 19.6 Å². The Labute approximate surface area is 192 Å². The van der Waals surface area contributed by atoms with Crippen LogP contribution in [-0.2, 0) is 26.2 Å². The van der Waals surface area contributed by atoms with Crippen molar-refractivity contribution in [2.75, 3.05) is 6.61 Å². The summed E-state index contributed by atoms with van der Waals surface area (Å²) in [4.78, 5) is 27.0. The number of hydrogen-bond donors (Lipinski definition) is 2. The average molecular weight is 449 g/mol. The van der Waals surface area contributed by atoms with Gasteiger partial charge in [0.15, 0.2) is 0 Å². The number of hydrogen-bond acceptors (Lipinski definition) is 6. The van der Waals surface area contributed by atoms with Crippen LogP contribution >= 0.6 is 0 Å². The Bertz CT molecular complexity index is 1160. The van der Waals surface area contributed by atoms with E-state index in [1.54, 1.807) is 38.1 Å². The van der Waals surface area contributed by atoms with Gasteiger partial charge in [0.1, 0.15) is 18.6 Å². The fourth-order valence-corrected chi connectivity index (χ4v) is 3.70. The average Bonchev–Trinajstić information content (AvgIpc) is 3.21. The van der Waals surface area contributed by atoms with E-state index in [0.29, 0.717) is 17.9 Å². The molecule has 0 fully saturated rings. The first-order valence-electron chi connectivity index (χ1n) is 10.9. The van der Waals surface area contributed by atoms with Crippen LogP contribution in [0.3, 0.4) is 0 Å². The zero-order chi connectivity index (χ0) is 23.4. The number of amides is 1. The highest BCUT2D eigenvalue weighted by atomic mass is 16.5. The molecule has 4 rings (SSSR count). The summed E-state index contributed by atoms with van der Waals surface area (Å²) >= 11 is 0. The van der Waals surface area contributed by atoms with E-state index in [4.69, 9.17) is 9.15 Å². The molecule has 1 aliphatic rings. The molecule has 0 saturated heterocycles. The lowest BCUT2D eigenvalue weighted by Gasteiger charge is -2.23. The molecular weight excluding hydrogens is 420 g/mol. The third-order valence-corrected chi connectivity index (χ3v) is 5.60. The second-order valence-corrected chi connectivity index (χ2v) is 8.97. The Morgan fingerprint density at radius 2 is 1.79 bits per heavy atom. The number of rotatable bonds is 8. The first-order valence-corrected chi connectivity index (χ1v) is 10.9. The summed E-state index contributed by atoms with van der Waals surface area (Å²) in [6.45, 7) is 5.74. The molecule has 0 radical (unpaired) electrons. The number of ether oxygens (including phenoxy) is 1. The second-order valence-electron chi connectivity index (χ2n) is 8.97. The Morgan fingerprint density at radius 1 is 1.12 bits per heavy atom. The van der Waals surface area contributed by atoms with E-state index in [-0.39, 0.29) is 30.3 Å². The van der Waals surface area contributed by atoms with Crippen LogP contribution in [-0.4, -0.2) is 28.1 Å². The van der Waals surface area contributed by atoms with Crippen LogP contribution in [0.1, 0.15) is 46.7 Å². The molecule has 0 aliphatic carbocycles. The summed E-state index contributed by atoms with van der Waals surface area (Å²) in [6, 6.07) is 16.7. The van der Waals surface area contributed by atoms with Crippen LogP contribution in [0.25, 0.3) is 0 Å². The number of nitrogens with one attached hydrogen (secondary N) is 1. The van der Waals surface area contributed by atoms with Crippen LogP contribution < -0.4 is 15.5 Å². The van der Waals surface area contributed by atoms with Crippen molar-refractivity contribution in [3.05, 3.63) is 99.1 Å². The number of carbonyl (C=O) groups is 1. The minimum atomic E-state index is -0.697. The predicted octanol–water partition coefficient (Wildman–Crippen LogP) is 3.24. The molecule has 7 heteroatoms. The minimum Gasteiger partial charge on any atom is -0.482 e. The molecule has 2 N–H and O–H groups in total. The summed E-state index contributed by atoms with van der Waals surface area (Å²) in [7, 11) is 0. The fraction of sp³-hybridized carbons (Fsp3) is 0.308. The third-order valence-electron chi connectivity index (χ3n) is 5.60. The van der Waals surface area contributed by atoms with Crippen molar-refractivity contribution in [1.82, 2.24) is 10.2 Å². The lowest BCUT2D eigenvalue weighted by molar-refractivity contribution is 0.0869. The van der Waals surface area contributed by atoms with E-state index in [9.17, 15) is 14.7 Å². The van der Waals surface area contributed by atoms with Crippen molar-refractivity contribution in [2.45, 2.75) is 45.6 Å². The first kappa shape index (κ1) is 22.8. The molecule has 0 spiro atoms. The molecule has 1 amide bonds. The zero-order valence-corrected chi connectivity index (χ0v) is 18.8. The van der Waals surface area contributed by atoms with E-state index in [1.165, 1.54) is 23.5 Å². The number of nitrogens with zero attached hydrogens (tertiary/aromatic N) is 1. The highest BCUT2D eigenvalue weighted by molar-refractivity contribution is 5.94. The molecule has 0 atom stereocenters. The van der Waals surface area contributed by atoms with Gasteiger partial charge in [-0.2, -0.15) is 0 Å². The van der Waals surface area contributed by atoms with E-state index in [2.05, 4.69) is 22.3 Å². The van der Waals surface area contributed by atoms with Gasteiger partial charge in [0.05, 0.1) is 18.7 Å². The molecule has 7 nitrogen and oxygen atoms in total. The van der Waals surface area contributed by atoms with Gasteiger partial charge in [-0.1, -0.05) is 36.4 Å². The first-order chi connectivity index (χ1) is 15.8. The van der Waals surface area contributed by atoms with Gasteiger partial charge in [0, 0.05) is 24.7 Å². The summed E-state index contributed by atoms with van der Waals surface area (Å²) < 4.78 is 11.3. The Balaban J connectivity index is 1.32. The summed E-state index contributed by atoms with van der Waals surface area (Å²) in [6.07, 6.45) is 1.36. The lowest BCUT2D eigenvalue weighted by Crippen LogP contribution is -2.46. The maximum Gasteiger partial charge on any atom is 0.251 e. The SMILES string of the molecule is CC(C)(CO)NC(=O)c1ccc(COc2coc(CN3Cc4ccccc4C3)cc2=O)cc1. The molecule has 2 aromatic carbocycles. The van der Waals surface area contributed by atoms with Gasteiger partial charge in [-0.3, -0.25) is 14.5 Å². The molecule has 0 saturated carbocycles. The fourth-order valence-electron chi connectivity index (χ4n) is 3.70. The molecule has 0 bridgehead atoms. The highest BCUT2D eigenvalue weighted by Crippen LogP contribution is 2.24. The number of fused-ring (bicyclic) bond motifs is 1. The predicted molar refractivity (Wildman–Crippen MR) is 124 cm³/mol. The van der Waals surface area contributed by atoms with Crippen molar-refractivity contribution in [2.24, 2.45) is 0 Å². The number of aliphatic hydroxyl groups is 1. The second kappa shape index (κ2) is 9.60. The quantitative estimate of drug-likeness (QED) is 0.550. The molecule has 1 aliphatic heterocycles. The standard InChI is InChI=1S/C26H28N2O5/c1-26(2,17-29)27-25(31)19-9-7-18(8-10-19)15-33-24-16-32-22(11-23(24)30)14-28-12-20-5-3-4-6-21(20)13-28/h3-11,16,29H,12-15,17H2,1-2H3,(H,27,31).